The monoisotopic (exact) mass is 342 g/mol. The minimum Gasteiger partial charge on any atom is -0.478 e. The van der Waals surface area contributed by atoms with Gasteiger partial charge in [-0.15, -0.1) is 0 Å². The molecule has 64 valence electrons. The van der Waals surface area contributed by atoms with E-state index in [1.165, 1.54) is 6.07 Å². The van der Waals surface area contributed by atoms with Crippen LogP contribution in [0.5, 0.6) is 5.75 Å². The van der Waals surface area contributed by atoms with Gasteiger partial charge in [0.25, 0.3) is 0 Å². The van der Waals surface area contributed by atoms with Gasteiger partial charge in [-0.2, -0.15) is 0 Å². The van der Waals surface area contributed by atoms with Gasteiger partial charge in [-0.3, -0.25) is 0 Å². The highest BCUT2D eigenvalue weighted by Crippen LogP contribution is 2.24. The van der Waals surface area contributed by atoms with Gasteiger partial charge < -0.3 is 8.17 Å². The van der Waals surface area contributed by atoms with Gasteiger partial charge in [0.1, 0.15) is 11.3 Å². The van der Waals surface area contributed by atoms with Gasteiger partial charge in [0, 0.05) is 4.47 Å². The summed E-state index contributed by atoms with van der Waals surface area (Å²) >= 11 is 4.82. The third kappa shape index (κ3) is 2.10. The Bertz CT molecular complexity index is 314. The predicted molar refractivity (Wildman–Crippen MR) is 55.7 cm³/mol. The van der Waals surface area contributed by atoms with Gasteiger partial charge in [-0.25, -0.2) is 4.79 Å². The van der Waals surface area contributed by atoms with Gasteiger partial charge >= 0.3 is 5.97 Å². The maximum absolute atomic E-state index is 10.6. The maximum Gasteiger partial charge on any atom is 0.339 e. The molecule has 12 heavy (non-hydrogen) atoms. The number of hydrogen-bond acceptors (Lipinski definition) is 2. The van der Waals surface area contributed by atoms with Gasteiger partial charge in [-0.1, -0.05) is 15.9 Å². The van der Waals surface area contributed by atoms with Crippen molar-refractivity contribution in [3.63, 3.8) is 0 Å². The van der Waals surface area contributed by atoms with Crippen LogP contribution in [-0.4, -0.2) is 11.1 Å². The zero-order valence-electron chi connectivity index (χ0n) is 5.75. The standard InChI is InChI=1S/C7H4BrIO3/c8-4-1-2-6(12-9)5(3-4)7(10)11/h1-3H,(H,10,11). The van der Waals surface area contributed by atoms with Gasteiger partial charge in [0.2, 0.25) is 0 Å². The molecule has 1 rings (SSSR count). The molecule has 0 aliphatic heterocycles. The fourth-order valence-corrected chi connectivity index (χ4v) is 1.48. The smallest absolute Gasteiger partial charge is 0.339 e. The molecule has 0 spiro atoms. The molecule has 0 saturated carbocycles. The number of halogens is 2. The van der Waals surface area contributed by atoms with E-state index >= 15 is 0 Å². The van der Waals surface area contributed by atoms with Crippen LogP contribution in [-0.2, 0) is 0 Å². The van der Waals surface area contributed by atoms with Crippen molar-refractivity contribution in [3.8, 4) is 5.75 Å². The summed E-state index contributed by atoms with van der Waals surface area (Å²) in [5, 5.41) is 8.72. The van der Waals surface area contributed by atoms with Crippen molar-refractivity contribution in [2.75, 3.05) is 0 Å². The number of hydrogen-bond donors (Lipinski definition) is 1. The fourth-order valence-electron chi connectivity index (χ4n) is 0.737. The first-order valence-electron chi connectivity index (χ1n) is 2.96. The molecule has 0 saturated heterocycles. The number of carboxylic acids is 1. The fraction of sp³-hybridized carbons (Fsp3) is 0. The second-order valence-corrected chi connectivity index (χ2v) is 3.38. The zero-order chi connectivity index (χ0) is 9.14. The second kappa shape index (κ2) is 4.08. The molecule has 0 amide bonds. The summed E-state index contributed by atoms with van der Waals surface area (Å²) in [5.41, 5.74) is 0.152. The summed E-state index contributed by atoms with van der Waals surface area (Å²) in [5.74, 6) is -0.644. The minimum atomic E-state index is -0.997. The van der Waals surface area contributed by atoms with Crippen LogP contribution in [0.25, 0.3) is 0 Å². The SMILES string of the molecule is O=C(O)c1cc(Br)ccc1OI. The van der Waals surface area contributed by atoms with E-state index in [2.05, 4.69) is 15.9 Å². The number of aromatic carboxylic acids is 1. The first-order valence-corrected chi connectivity index (χ1v) is 4.64. The molecule has 1 aromatic rings. The Hall–Kier alpha value is -0.300. The Morgan fingerprint density at radius 2 is 2.25 bits per heavy atom. The first kappa shape index (κ1) is 9.79. The quantitative estimate of drug-likeness (QED) is 0.841. The average molecular weight is 343 g/mol. The van der Waals surface area contributed by atoms with Crippen LogP contribution in [0.3, 0.4) is 0 Å². The Kier molecular flexibility index (Phi) is 3.33. The molecule has 0 aliphatic rings. The van der Waals surface area contributed by atoms with Crippen molar-refractivity contribution in [1.29, 1.82) is 0 Å². The second-order valence-electron chi connectivity index (χ2n) is 2.02. The minimum absolute atomic E-state index is 0.152. The van der Waals surface area contributed by atoms with E-state index in [1.54, 1.807) is 35.1 Å². The molecule has 0 atom stereocenters. The van der Waals surface area contributed by atoms with Gasteiger partial charge in [0.15, 0.2) is 23.0 Å². The lowest BCUT2D eigenvalue weighted by atomic mass is 10.2. The summed E-state index contributed by atoms with van der Waals surface area (Å²) < 4.78 is 5.55. The van der Waals surface area contributed by atoms with Crippen molar-refractivity contribution in [3.05, 3.63) is 28.2 Å². The van der Waals surface area contributed by atoms with Crippen LogP contribution in [0.15, 0.2) is 22.7 Å². The van der Waals surface area contributed by atoms with Crippen LogP contribution in [0.4, 0.5) is 0 Å². The molecule has 0 fully saturated rings. The van der Waals surface area contributed by atoms with Crippen LogP contribution >= 0.6 is 38.9 Å². The first-order chi connectivity index (χ1) is 5.65. The molecule has 5 heteroatoms. The summed E-state index contributed by atoms with van der Waals surface area (Å²) in [6, 6.07) is 4.82. The molecule has 0 aromatic heterocycles. The van der Waals surface area contributed by atoms with Crippen molar-refractivity contribution >= 4 is 44.9 Å². The number of carbonyl (C=O) groups is 1. The van der Waals surface area contributed by atoms with Crippen LogP contribution < -0.4 is 3.07 Å². The van der Waals surface area contributed by atoms with E-state index in [0.717, 1.165) is 4.47 Å². The van der Waals surface area contributed by atoms with E-state index in [-0.39, 0.29) is 5.56 Å². The van der Waals surface area contributed by atoms with Crippen LogP contribution in [0, 0.1) is 0 Å². The third-order valence-electron chi connectivity index (χ3n) is 1.26. The lowest BCUT2D eigenvalue weighted by Crippen LogP contribution is -1.97. The largest absolute Gasteiger partial charge is 0.478 e. The van der Waals surface area contributed by atoms with Crippen LogP contribution in [0.1, 0.15) is 10.4 Å². The Balaban J connectivity index is 3.21. The van der Waals surface area contributed by atoms with E-state index in [0.29, 0.717) is 5.75 Å². The summed E-state index contributed by atoms with van der Waals surface area (Å²) in [7, 11) is 0. The highest BCUT2D eigenvalue weighted by Gasteiger charge is 2.10. The normalized spacial score (nSPS) is 9.50. The lowest BCUT2D eigenvalue weighted by Gasteiger charge is -2.01. The van der Waals surface area contributed by atoms with E-state index in [4.69, 9.17) is 8.17 Å². The number of carboxylic acid groups (broad SMARTS) is 1. The highest BCUT2D eigenvalue weighted by atomic mass is 127. The van der Waals surface area contributed by atoms with Crippen molar-refractivity contribution in [2.24, 2.45) is 0 Å². The maximum atomic E-state index is 10.6. The van der Waals surface area contributed by atoms with Crippen LogP contribution in [0.2, 0.25) is 0 Å². The van der Waals surface area contributed by atoms with Crippen molar-refractivity contribution in [1.82, 2.24) is 0 Å². The molecule has 1 aromatic carbocycles. The summed E-state index contributed by atoms with van der Waals surface area (Å²) in [4.78, 5) is 10.6. The lowest BCUT2D eigenvalue weighted by molar-refractivity contribution is 0.0695. The Morgan fingerprint density at radius 3 is 2.75 bits per heavy atom. The van der Waals surface area contributed by atoms with E-state index in [1.807, 2.05) is 0 Å². The third-order valence-corrected chi connectivity index (χ3v) is 2.22. The molecular formula is C7H4BrIO3. The molecule has 0 heterocycles. The Labute approximate surface area is 91.5 Å². The van der Waals surface area contributed by atoms with Gasteiger partial charge in [-0.05, 0) is 18.2 Å². The van der Waals surface area contributed by atoms with Gasteiger partial charge in [0.05, 0.1) is 0 Å². The topological polar surface area (TPSA) is 46.5 Å². The summed E-state index contributed by atoms with van der Waals surface area (Å²) in [6.07, 6.45) is 0. The molecule has 0 aliphatic carbocycles. The van der Waals surface area contributed by atoms with Crippen molar-refractivity contribution in [2.45, 2.75) is 0 Å². The molecule has 3 nitrogen and oxygen atoms in total. The average Bonchev–Trinajstić information content (AvgIpc) is 2.04. The number of benzene rings is 1. The molecule has 0 bridgehead atoms. The predicted octanol–water partition coefficient (Wildman–Crippen LogP) is 2.88. The molecule has 0 unspecified atom stereocenters. The van der Waals surface area contributed by atoms with E-state index in [9.17, 15) is 4.79 Å². The highest BCUT2D eigenvalue weighted by molar-refractivity contribution is 14.1. The van der Waals surface area contributed by atoms with E-state index < -0.39 is 5.97 Å². The summed E-state index contributed by atoms with van der Waals surface area (Å²) in [6.45, 7) is 0. The van der Waals surface area contributed by atoms with Crippen molar-refractivity contribution < 1.29 is 13.0 Å². The molecular weight excluding hydrogens is 339 g/mol. The molecule has 1 N–H and O–H groups in total. The number of rotatable bonds is 2. The zero-order valence-corrected chi connectivity index (χ0v) is 9.50. The molecule has 0 radical (unpaired) electrons. The Morgan fingerprint density at radius 1 is 1.58 bits per heavy atom.